The van der Waals surface area contributed by atoms with Gasteiger partial charge in [0.2, 0.25) is 0 Å². The van der Waals surface area contributed by atoms with Crippen molar-refractivity contribution in [3.63, 3.8) is 0 Å². The standard InChI is InChI=1S/C15H23N3O3/c1-2-6-18(11-13-4-5-13)15(21)17-8-3-7-16(9-10-17)12-14(19)20/h1,13H,3-12H2,(H,19,20). The van der Waals surface area contributed by atoms with Gasteiger partial charge in [0.25, 0.3) is 0 Å². The lowest BCUT2D eigenvalue weighted by molar-refractivity contribution is -0.138. The van der Waals surface area contributed by atoms with Crippen molar-refractivity contribution < 1.29 is 14.7 Å². The molecule has 1 N–H and O–H groups in total. The molecule has 1 aliphatic heterocycles. The van der Waals surface area contributed by atoms with E-state index in [1.54, 1.807) is 4.90 Å². The van der Waals surface area contributed by atoms with E-state index in [2.05, 4.69) is 5.92 Å². The maximum absolute atomic E-state index is 12.6. The quantitative estimate of drug-likeness (QED) is 0.752. The molecule has 2 aliphatic rings. The number of hydrogen-bond acceptors (Lipinski definition) is 3. The average molecular weight is 293 g/mol. The third kappa shape index (κ3) is 4.94. The van der Waals surface area contributed by atoms with Crippen LogP contribution in [-0.4, -0.2) is 77.6 Å². The molecule has 0 unspecified atom stereocenters. The number of carbonyl (C=O) groups is 2. The summed E-state index contributed by atoms with van der Waals surface area (Å²) in [5.74, 6) is 2.35. The van der Waals surface area contributed by atoms with Crippen molar-refractivity contribution in [1.82, 2.24) is 14.7 Å². The molecule has 6 heteroatoms. The largest absolute Gasteiger partial charge is 0.480 e. The predicted molar refractivity (Wildman–Crippen MR) is 78.8 cm³/mol. The molecule has 1 saturated carbocycles. The maximum Gasteiger partial charge on any atom is 0.320 e. The minimum atomic E-state index is -0.822. The van der Waals surface area contributed by atoms with Gasteiger partial charge in [-0.1, -0.05) is 5.92 Å². The number of carboxylic acid groups (broad SMARTS) is 1. The first-order chi connectivity index (χ1) is 10.1. The Hall–Kier alpha value is -1.74. The van der Waals surface area contributed by atoms with Gasteiger partial charge in [-0.15, -0.1) is 6.42 Å². The monoisotopic (exact) mass is 293 g/mol. The predicted octanol–water partition coefficient (Wildman–Crippen LogP) is 0.544. The van der Waals surface area contributed by atoms with Crippen molar-refractivity contribution in [2.75, 3.05) is 45.8 Å². The van der Waals surface area contributed by atoms with E-state index in [9.17, 15) is 9.59 Å². The Bertz CT molecular complexity index is 428. The van der Waals surface area contributed by atoms with Crippen LogP contribution in [0.3, 0.4) is 0 Å². The average Bonchev–Trinajstić information content (AvgIpc) is 3.24. The molecule has 1 heterocycles. The van der Waals surface area contributed by atoms with E-state index in [-0.39, 0.29) is 12.6 Å². The van der Waals surface area contributed by atoms with Gasteiger partial charge in [0.15, 0.2) is 0 Å². The highest BCUT2D eigenvalue weighted by molar-refractivity contribution is 5.75. The molecule has 0 radical (unpaired) electrons. The fraction of sp³-hybridized carbons (Fsp3) is 0.733. The highest BCUT2D eigenvalue weighted by Gasteiger charge is 2.29. The van der Waals surface area contributed by atoms with E-state index in [0.717, 1.165) is 13.0 Å². The van der Waals surface area contributed by atoms with Crippen molar-refractivity contribution in [1.29, 1.82) is 0 Å². The van der Waals surface area contributed by atoms with Crippen LogP contribution in [-0.2, 0) is 4.79 Å². The molecule has 2 rings (SSSR count). The van der Waals surface area contributed by atoms with Crippen molar-refractivity contribution in [3.05, 3.63) is 0 Å². The second-order valence-corrected chi connectivity index (χ2v) is 5.82. The number of amides is 2. The first-order valence-electron chi connectivity index (χ1n) is 7.51. The summed E-state index contributed by atoms with van der Waals surface area (Å²) in [5, 5.41) is 8.84. The molecule has 2 amide bonds. The first-order valence-corrected chi connectivity index (χ1v) is 7.51. The number of aliphatic carboxylic acids is 1. The Morgan fingerprint density at radius 1 is 1.24 bits per heavy atom. The molecule has 116 valence electrons. The summed E-state index contributed by atoms with van der Waals surface area (Å²) in [6.45, 7) is 3.69. The Balaban J connectivity index is 1.88. The van der Waals surface area contributed by atoms with E-state index in [1.807, 2.05) is 9.80 Å². The minimum Gasteiger partial charge on any atom is -0.480 e. The van der Waals surface area contributed by atoms with Crippen LogP contribution < -0.4 is 0 Å². The Kier molecular flexibility index (Phi) is 5.45. The van der Waals surface area contributed by atoms with Crippen LogP contribution in [0, 0.1) is 18.3 Å². The lowest BCUT2D eigenvalue weighted by Crippen LogP contribution is -2.46. The number of carbonyl (C=O) groups excluding carboxylic acids is 1. The number of nitrogens with zero attached hydrogens (tertiary/aromatic N) is 3. The zero-order valence-electron chi connectivity index (χ0n) is 12.3. The highest BCUT2D eigenvalue weighted by Crippen LogP contribution is 2.30. The number of carboxylic acids is 1. The summed E-state index contributed by atoms with van der Waals surface area (Å²) in [6.07, 6.45) is 8.53. The van der Waals surface area contributed by atoms with Crippen molar-refractivity contribution in [2.45, 2.75) is 19.3 Å². The molecular weight excluding hydrogens is 270 g/mol. The highest BCUT2D eigenvalue weighted by atomic mass is 16.4. The van der Waals surface area contributed by atoms with Crippen LogP contribution in [0.25, 0.3) is 0 Å². The van der Waals surface area contributed by atoms with Crippen LogP contribution >= 0.6 is 0 Å². The van der Waals surface area contributed by atoms with E-state index >= 15 is 0 Å². The molecule has 1 saturated heterocycles. The molecule has 6 nitrogen and oxygen atoms in total. The smallest absolute Gasteiger partial charge is 0.320 e. The maximum atomic E-state index is 12.6. The molecule has 1 aliphatic carbocycles. The lowest BCUT2D eigenvalue weighted by atomic mass is 10.3. The van der Waals surface area contributed by atoms with Gasteiger partial charge < -0.3 is 14.9 Å². The molecule has 21 heavy (non-hydrogen) atoms. The van der Waals surface area contributed by atoms with Crippen molar-refractivity contribution >= 4 is 12.0 Å². The summed E-state index contributed by atoms with van der Waals surface area (Å²) in [6, 6.07) is -0.00275. The van der Waals surface area contributed by atoms with E-state index in [1.165, 1.54) is 12.8 Å². The molecule has 0 aromatic rings. The van der Waals surface area contributed by atoms with Crippen molar-refractivity contribution in [2.24, 2.45) is 5.92 Å². The van der Waals surface area contributed by atoms with Crippen LogP contribution in [0.2, 0.25) is 0 Å². The van der Waals surface area contributed by atoms with Crippen LogP contribution in [0.4, 0.5) is 4.79 Å². The third-order valence-corrected chi connectivity index (χ3v) is 3.95. The van der Waals surface area contributed by atoms with E-state index in [0.29, 0.717) is 38.6 Å². The van der Waals surface area contributed by atoms with Gasteiger partial charge in [-0.2, -0.15) is 0 Å². The zero-order valence-corrected chi connectivity index (χ0v) is 12.3. The molecule has 0 aromatic carbocycles. The van der Waals surface area contributed by atoms with Gasteiger partial charge in [-0.05, 0) is 25.2 Å². The molecule has 0 aromatic heterocycles. The summed E-state index contributed by atoms with van der Waals surface area (Å²) >= 11 is 0. The van der Waals surface area contributed by atoms with Crippen LogP contribution in [0.15, 0.2) is 0 Å². The van der Waals surface area contributed by atoms with E-state index < -0.39 is 5.97 Å². The Labute approximate surface area is 125 Å². The number of hydrogen-bond donors (Lipinski definition) is 1. The summed E-state index contributed by atoms with van der Waals surface area (Å²) < 4.78 is 0. The Morgan fingerprint density at radius 2 is 2.00 bits per heavy atom. The summed E-state index contributed by atoms with van der Waals surface area (Å²) in [7, 11) is 0. The van der Waals surface area contributed by atoms with E-state index in [4.69, 9.17) is 11.5 Å². The third-order valence-electron chi connectivity index (χ3n) is 3.95. The SMILES string of the molecule is C#CCN(CC1CC1)C(=O)N1CCCN(CC(=O)O)CC1. The van der Waals surface area contributed by atoms with Crippen molar-refractivity contribution in [3.8, 4) is 12.3 Å². The van der Waals surface area contributed by atoms with Gasteiger partial charge >= 0.3 is 12.0 Å². The molecule has 0 bridgehead atoms. The van der Waals surface area contributed by atoms with Gasteiger partial charge in [0, 0.05) is 32.7 Å². The topological polar surface area (TPSA) is 64.1 Å². The molecule has 2 fully saturated rings. The first kappa shape index (κ1) is 15.6. The minimum absolute atomic E-state index is 0.00275. The van der Waals surface area contributed by atoms with Gasteiger partial charge in [0.05, 0.1) is 13.1 Å². The summed E-state index contributed by atoms with van der Waals surface area (Å²) in [4.78, 5) is 28.8. The second kappa shape index (κ2) is 7.32. The number of urea groups is 1. The summed E-state index contributed by atoms with van der Waals surface area (Å²) in [5.41, 5.74) is 0. The lowest BCUT2D eigenvalue weighted by Gasteiger charge is -2.29. The fourth-order valence-electron chi connectivity index (χ4n) is 2.64. The molecule has 0 atom stereocenters. The number of rotatable bonds is 5. The van der Waals surface area contributed by atoms with Crippen LogP contribution in [0.5, 0.6) is 0 Å². The second-order valence-electron chi connectivity index (χ2n) is 5.82. The normalized spacial score (nSPS) is 19.7. The van der Waals surface area contributed by atoms with Crippen LogP contribution in [0.1, 0.15) is 19.3 Å². The Morgan fingerprint density at radius 3 is 2.62 bits per heavy atom. The van der Waals surface area contributed by atoms with Gasteiger partial charge in [-0.3, -0.25) is 9.69 Å². The molecular formula is C15H23N3O3. The number of terminal acetylenes is 1. The van der Waals surface area contributed by atoms with Gasteiger partial charge in [-0.25, -0.2) is 4.79 Å². The molecule has 0 spiro atoms. The van der Waals surface area contributed by atoms with Gasteiger partial charge in [0.1, 0.15) is 0 Å². The fourth-order valence-corrected chi connectivity index (χ4v) is 2.64. The zero-order chi connectivity index (χ0) is 15.2.